The van der Waals surface area contributed by atoms with Gasteiger partial charge in [-0.25, -0.2) is 4.98 Å². The molecule has 0 aliphatic carbocycles. The molecule has 0 saturated carbocycles. The summed E-state index contributed by atoms with van der Waals surface area (Å²) in [4.78, 5) is 18.4. The van der Waals surface area contributed by atoms with Crippen LogP contribution in [-0.4, -0.2) is 25.1 Å². The molecule has 0 aliphatic rings. The number of amides is 1. The second-order valence-electron chi connectivity index (χ2n) is 6.10. The summed E-state index contributed by atoms with van der Waals surface area (Å²) in [6.45, 7) is 2.12. The van der Waals surface area contributed by atoms with Crippen LogP contribution in [0.5, 0.6) is 11.5 Å². The van der Waals surface area contributed by atoms with Gasteiger partial charge in [-0.1, -0.05) is 29.3 Å². The van der Waals surface area contributed by atoms with E-state index in [0.717, 1.165) is 33.4 Å². The number of rotatable bonds is 7. The van der Waals surface area contributed by atoms with E-state index in [2.05, 4.69) is 28.2 Å². The number of hydrogen-bond acceptors (Lipinski definition) is 5. The number of aryl methyl sites for hydroxylation is 1. The topological polar surface area (TPSA) is 60.5 Å². The first-order valence-electron chi connectivity index (χ1n) is 8.84. The van der Waals surface area contributed by atoms with E-state index in [1.807, 2.05) is 30.3 Å². The number of anilines is 1. The number of aromatic nitrogens is 1. The SMILES string of the molecule is CCCc1sc(NC(=O)c2ccc(Br)cc2)nc1-c1cc(OC)cc(OC)c1. The van der Waals surface area contributed by atoms with Gasteiger partial charge in [-0.3, -0.25) is 10.1 Å². The predicted octanol–water partition coefficient (Wildman–Crippen LogP) is 5.79. The van der Waals surface area contributed by atoms with Crippen LogP contribution in [0.3, 0.4) is 0 Å². The van der Waals surface area contributed by atoms with E-state index in [1.165, 1.54) is 11.3 Å². The lowest BCUT2D eigenvalue weighted by molar-refractivity contribution is 0.102. The maximum absolute atomic E-state index is 12.5. The highest BCUT2D eigenvalue weighted by Gasteiger charge is 2.17. The molecule has 146 valence electrons. The highest BCUT2D eigenvalue weighted by atomic mass is 79.9. The highest BCUT2D eigenvalue weighted by Crippen LogP contribution is 2.36. The molecular weight excluding hydrogens is 440 g/mol. The van der Waals surface area contributed by atoms with Crippen molar-refractivity contribution in [3.8, 4) is 22.8 Å². The van der Waals surface area contributed by atoms with Gasteiger partial charge in [0.25, 0.3) is 5.91 Å². The number of thiazole rings is 1. The monoisotopic (exact) mass is 460 g/mol. The Morgan fingerprint density at radius 2 is 1.75 bits per heavy atom. The van der Waals surface area contributed by atoms with Crippen LogP contribution >= 0.6 is 27.3 Å². The van der Waals surface area contributed by atoms with Crippen LogP contribution in [0.15, 0.2) is 46.9 Å². The molecule has 0 saturated heterocycles. The molecule has 1 N–H and O–H groups in total. The van der Waals surface area contributed by atoms with Gasteiger partial charge in [-0.05, 0) is 42.8 Å². The van der Waals surface area contributed by atoms with Gasteiger partial charge in [0, 0.05) is 26.5 Å². The van der Waals surface area contributed by atoms with Gasteiger partial charge in [0.15, 0.2) is 5.13 Å². The standard InChI is InChI=1S/C21H21BrN2O3S/c1-4-5-18-19(14-10-16(26-2)12-17(11-14)27-3)23-21(28-18)24-20(25)13-6-8-15(22)9-7-13/h6-12H,4-5H2,1-3H3,(H,23,24,25). The van der Waals surface area contributed by atoms with E-state index < -0.39 is 0 Å². The van der Waals surface area contributed by atoms with E-state index in [1.54, 1.807) is 26.4 Å². The summed E-state index contributed by atoms with van der Waals surface area (Å²) >= 11 is 4.88. The van der Waals surface area contributed by atoms with Crippen LogP contribution < -0.4 is 14.8 Å². The molecule has 0 spiro atoms. The summed E-state index contributed by atoms with van der Waals surface area (Å²) in [7, 11) is 3.24. The Labute approximate surface area is 176 Å². The van der Waals surface area contributed by atoms with Crippen LogP contribution in [0.4, 0.5) is 5.13 Å². The van der Waals surface area contributed by atoms with E-state index in [0.29, 0.717) is 22.2 Å². The van der Waals surface area contributed by atoms with E-state index in [-0.39, 0.29) is 5.91 Å². The summed E-state index contributed by atoms with van der Waals surface area (Å²) in [5, 5.41) is 3.49. The molecular formula is C21H21BrN2O3S. The number of ether oxygens (including phenoxy) is 2. The predicted molar refractivity (Wildman–Crippen MR) is 117 cm³/mol. The number of methoxy groups -OCH3 is 2. The molecule has 2 aromatic carbocycles. The first kappa shape index (κ1) is 20.4. The molecule has 1 heterocycles. The van der Waals surface area contributed by atoms with Crippen LogP contribution in [-0.2, 0) is 6.42 Å². The van der Waals surface area contributed by atoms with Crippen molar-refractivity contribution < 1.29 is 14.3 Å². The Hall–Kier alpha value is -2.38. The highest BCUT2D eigenvalue weighted by molar-refractivity contribution is 9.10. The zero-order chi connectivity index (χ0) is 20.1. The summed E-state index contributed by atoms with van der Waals surface area (Å²) in [5.41, 5.74) is 2.33. The number of benzene rings is 2. The first-order valence-corrected chi connectivity index (χ1v) is 10.4. The normalized spacial score (nSPS) is 10.6. The lowest BCUT2D eigenvalue weighted by Crippen LogP contribution is -2.11. The summed E-state index contributed by atoms with van der Waals surface area (Å²) < 4.78 is 11.7. The molecule has 1 amide bonds. The van der Waals surface area contributed by atoms with Crippen molar-refractivity contribution in [2.24, 2.45) is 0 Å². The van der Waals surface area contributed by atoms with Gasteiger partial charge in [-0.15, -0.1) is 11.3 Å². The number of halogens is 1. The van der Waals surface area contributed by atoms with Crippen molar-refractivity contribution in [3.63, 3.8) is 0 Å². The van der Waals surface area contributed by atoms with Crippen molar-refractivity contribution in [2.75, 3.05) is 19.5 Å². The fourth-order valence-corrected chi connectivity index (χ4v) is 4.09. The molecule has 0 unspecified atom stereocenters. The maximum atomic E-state index is 12.5. The van der Waals surface area contributed by atoms with Gasteiger partial charge in [0.1, 0.15) is 11.5 Å². The molecule has 0 fully saturated rings. The van der Waals surface area contributed by atoms with E-state index >= 15 is 0 Å². The van der Waals surface area contributed by atoms with E-state index in [9.17, 15) is 4.79 Å². The minimum absolute atomic E-state index is 0.181. The van der Waals surface area contributed by atoms with Crippen molar-refractivity contribution in [3.05, 3.63) is 57.4 Å². The smallest absolute Gasteiger partial charge is 0.257 e. The van der Waals surface area contributed by atoms with Gasteiger partial charge >= 0.3 is 0 Å². The lowest BCUT2D eigenvalue weighted by Gasteiger charge is -2.08. The van der Waals surface area contributed by atoms with Crippen LogP contribution in [0.1, 0.15) is 28.6 Å². The number of nitrogens with one attached hydrogen (secondary N) is 1. The minimum atomic E-state index is -0.181. The largest absolute Gasteiger partial charge is 0.497 e. The lowest BCUT2D eigenvalue weighted by atomic mass is 10.1. The average molecular weight is 461 g/mol. The fraction of sp³-hybridized carbons (Fsp3) is 0.238. The second-order valence-corrected chi connectivity index (χ2v) is 8.10. The molecule has 28 heavy (non-hydrogen) atoms. The molecule has 0 atom stereocenters. The minimum Gasteiger partial charge on any atom is -0.497 e. The van der Waals surface area contributed by atoms with Crippen molar-refractivity contribution >= 4 is 38.3 Å². The Kier molecular flexibility index (Phi) is 6.70. The van der Waals surface area contributed by atoms with Crippen molar-refractivity contribution in [2.45, 2.75) is 19.8 Å². The third-order valence-corrected chi connectivity index (χ3v) is 5.69. The van der Waals surface area contributed by atoms with Crippen molar-refractivity contribution in [1.29, 1.82) is 0 Å². The molecule has 7 heteroatoms. The van der Waals surface area contributed by atoms with Crippen LogP contribution in [0.25, 0.3) is 11.3 Å². The van der Waals surface area contributed by atoms with Crippen LogP contribution in [0, 0.1) is 0 Å². The van der Waals surface area contributed by atoms with Gasteiger partial charge in [0.2, 0.25) is 0 Å². The van der Waals surface area contributed by atoms with E-state index in [4.69, 9.17) is 14.5 Å². The molecule has 0 radical (unpaired) electrons. The average Bonchev–Trinajstić information content (AvgIpc) is 3.10. The van der Waals surface area contributed by atoms with Gasteiger partial charge in [-0.2, -0.15) is 0 Å². The quantitative estimate of drug-likeness (QED) is 0.484. The number of carbonyl (C=O) groups excluding carboxylic acids is 1. The second kappa shape index (κ2) is 9.21. The molecule has 0 bridgehead atoms. The number of carbonyl (C=O) groups is 1. The molecule has 0 aliphatic heterocycles. The Morgan fingerprint density at radius 3 is 2.32 bits per heavy atom. The molecule has 5 nitrogen and oxygen atoms in total. The molecule has 3 aromatic rings. The Morgan fingerprint density at radius 1 is 1.11 bits per heavy atom. The summed E-state index contributed by atoms with van der Waals surface area (Å²) in [5.74, 6) is 1.22. The maximum Gasteiger partial charge on any atom is 0.257 e. The number of nitrogens with zero attached hydrogens (tertiary/aromatic N) is 1. The Bertz CT molecular complexity index is 948. The fourth-order valence-electron chi connectivity index (χ4n) is 2.74. The third-order valence-electron chi connectivity index (χ3n) is 4.13. The van der Waals surface area contributed by atoms with Gasteiger partial charge in [0.05, 0.1) is 19.9 Å². The van der Waals surface area contributed by atoms with Crippen molar-refractivity contribution in [1.82, 2.24) is 4.98 Å². The number of hydrogen-bond donors (Lipinski definition) is 1. The Balaban J connectivity index is 1.93. The van der Waals surface area contributed by atoms with Crippen LogP contribution in [0.2, 0.25) is 0 Å². The summed E-state index contributed by atoms with van der Waals surface area (Å²) in [6, 6.07) is 12.9. The third kappa shape index (κ3) is 4.72. The zero-order valence-electron chi connectivity index (χ0n) is 15.9. The first-order chi connectivity index (χ1) is 13.5. The zero-order valence-corrected chi connectivity index (χ0v) is 18.3. The molecule has 3 rings (SSSR count). The summed E-state index contributed by atoms with van der Waals surface area (Å²) in [6.07, 6.45) is 1.86. The molecule has 1 aromatic heterocycles. The van der Waals surface area contributed by atoms with Gasteiger partial charge < -0.3 is 9.47 Å².